The summed E-state index contributed by atoms with van der Waals surface area (Å²) in [5, 5.41) is 0. The van der Waals surface area contributed by atoms with Crippen LogP contribution >= 0.6 is 0 Å². The van der Waals surface area contributed by atoms with E-state index in [1.807, 2.05) is 31.5 Å². The number of rotatable bonds is 3. The first kappa shape index (κ1) is 17.4. The van der Waals surface area contributed by atoms with Crippen LogP contribution in [0.25, 0.3) is 11.1 Å². The Labute approximate surface area is 158 Å². The van der Waals surface area contributed by atoms with Crippen molar-refractivity contribution < 1.29 is 4.79 Å². The largest absolute Gasteiger partial charge is 0.318 e. The summed E-state index contributed by atoms with van der Waals surface area (Å²) in [6.45, 7) is 1.85. The molecule has 136 valence electrons. The van der Waals surface area contributed by atoms with Gasteiger partial charge in [-0.15, -0.1) is 0 Å². The maximum absolute atomic E-state index is 12.1. The van der Waals surface area contributed by atoms with E-state index < -0.39 is 0 Å². The Morgan fingerprint density at radius 3 is 2.70 bits per heavy atom. The third-order valence-electron chi connectivity index (χ3n) is 5.29. The van der Waals surface area contributed by atoms with Gasteiger partial charge in [-0.2, -0.15) is 0 Å². The number of aryl methyl sites for hydroxylation is 3. The molecule has 0 amide bonds. The van der Waals surface area contributed by atoms with Gasteiger partial charge >= 0.3 is 0 Å². The Morgan fingerprint density at radius 1 is 1.11 bits per heavy atom. The highest BCUT2D eigenvalue weighted by molar-refractivity contribution is 5.84. The highest BCUT2D eigenvalue weighted by Gasteiger charge is 2.20. The second kappa shape index (κ2) is 6.95. The maximum Gasteiger partial charge on any atom is 0.253 e. The van der Waals surface area contributed by atoms with E-state index >= 15 is 0 Å². The van der Waals surface area contributed by atoms with E-state index in [0.29, 0.717) is 18.6 Å². The van der Waals surface area contributed by atoms with Crippen molar-refractivity contribution >= 4 is 5.78 Å². The monoisotopic (exact) mass is 358 g/mol. The number of aromatic nitrogens is 2. The van der Waals surface area contributed by atoms with E-state index in [4.69, 9.17) is 0 Å². The van der Waals surface area contributed by atoms with Crippen LogP contribution in [0.1, 0.15) is 34.2 Å². The fourth-order valence-electron chi connectivity index (χ4n) is 3.89. The van der Waals surface area contributed by atoms with Crippen LogP contribution in [0.2, 0.25) is 0 Å². The topological polar surface area (TPSA) is 52.0 Å². The van der Waals surface area contributed by atoms with Crippen LogP contribution in [0.4, 0.5) is 0 Å². The molecule has 0 saturated heterocycles. The van der Waals surface area contributed by atoms with E-state index in [1.165, 1.54) is 16.7 Å². The number of carbonyl (C=O) groups is 1. The van der Waals surface area contributed by atoms with Crippen molar-refractivity contribution in [1.82, 2.24) is 9.55 Å². The SMILES string of the molecule is Cc1cc(-c2cc3c(c(Cc4cccnc4)c2)CC(=O)CC3)cn(C)c1=O. The Hall–Kier alpha value is -3.01. The van der Waals surface area contributed by atoms with Gasteiger partial charge in [-0.1, -0.05) is 18.2 Å². The number of pyridine rings is 2. The first-order valence-electron chi connectivity index (χ1n) is 9.24. The minimum Gasteiger partial charge on any atom is -0.318 e. The van der Waals surface area contributed by atoms with Crippen molar-refractivity contribution in [1.29, 1.82) is 0 Å². The van der Waals surface area contributed by atoms with Gasteiger partial charge in [-0.05, 0) is 65.3 Å². The Balaban J connectivity index is 1.85. The Morgan fingerprint density at radius 2 is 1.96 bits per heavy atom. The van der Waals surface area contributed by atoms with Gasteiger partial charge in [0.2, 0.25) is 0 Å². The van der Waals surface area contributed by atoms with Crippen LogP contribution < -0.4 is 5.56 Å². The van der Waals surface area contributed by atoms with Crippen molar-refractivity contribution in [3.05, 3.63) is 87.1 Å². The lowest BCUT2D eigenvalue weighted by Gasteiger charge is -2.21. The van der Waals surface area contributed by atoms with Gasteiger partial charge in [0.25, 0.3) is 5.56 Å². The molecule has 0 N–H and O–H groups in total. The zero-order valence-corrected chi connectivity index (χ0v) is 15.7. The van der Waals surface area contributed by atoms with E-state index in [0.717, 1.165) is 35.1 Å². The molecule has 0 spiro atoms. The van der Waals surface area contributed by atoms with Crippen molar-refractivity contribution in [3.63, 3.8) is 0 Å². The van der Waals surface area contributed by atoms with Crippen LogP contribution in [0, 0.1) is 6.92 Å². The average Bonchev–Trinajstić information content (AvgIpc) is 2.66. The highest BCUT2D eigenvalue weighted by Crippen LogP contribution is 2.31. The molecule has 1 aromatic carbocycles. The van der Waals surface area contributed by atoms with Gasteiger partial charge in [0.1, 0.15) is 5.78 Å². The number of fused-ring (bicyclic) bond motifs is 1. The molecule has 0 saturated carbocycles. The molecule has 4 nitrogen and oxygen atoms in total. The fraction of sp³-hybridized carbons (Fsp3) is 0.261. The van der Waals surface area contributed by atoms with Gasteiger partial charge in [0.05, 0.1) is 0 Å². The van der Waals surface area contributed by atoms with Crippen LogP contribution in [-0.4, -0.2) is 15.3 Å². The number of Topliss-reactive ketones (excluding diaryl/α,β-unsaturated/α-hetero) is 1. The highest BCUT2D eigenvalue weighted by atomic mass is 16.1. The second-order valence-corrected chi connectivity index (χ2v) is 7.35. The number of hydrogen-bond donors (Lipinski definition) is 0. The van der Waals surface area contributed by atoms with Crippen LogP contribution in [-0.2, 0) is 31.1 Å². The standard InChI is InChI=1S/C23H22N2O2/c1-15-8-20(14-25(2)23(15)27)18-10-17-5-6-21(26)12-22(17)19(11-18)9-16-4-3-7-24-13-16/h3-4,7-8,10-11,13-14H,5-6,9,12H2,1-2H3. The van der Waals surface area contributed by atoms with E-state index in [2.05, 4.69) is 23.2 Å². The zero-order chi connectivity index (χ0) is 19.0. The molecule has 4 heteroatoms. The molecule has 0 radical (unpaired) electrons. The number of benzene rings is 1. The van der Waals surface area contributed by atoms with E-state index in [1.54, 1.807) is 17.8 Å². The van der Waals surface area contributed by atoms with Crippen molar-refractivity contribution in [3.8, 4) is 11.1 Å². The van der Waals surface area contributed by atoms with Crippen LogP contribution in [0.5, 0.6) is 0 Å². The zero-order valence-electron chi connectivity index (χ0n) is 15.7. The predicted molar refractivity (Wildman–Crippen MR) is 106 cm³/mol. The summed E-state index contributed by atoms with van der Waals surface area (Å²) in [5.41, 5.74) is 7.61. The summed E-state index contributed by atoms with van der Waals surface area (Å²) >= 11 is 0. The molecule has 2 heterocycles. The minimum atomic E-state index is 0.0258. The predicted octanol–water partition coefficient (Wildman–Crippen LogP) is 3.40. The van der Waals surface area contributed by atoms with Gasteiger partial charge in [0, 0.05) is 44.0 Å². The fourth-order valence-corrected chi connectivity index (χ4v) is 3.89. The van der Waals surface area contributed by atoms with Gasteiger partial charge in [-0.25, -0.2) is 0 Å². The summed E-state index contributed by atoms with van der Waals surface area (Å²) in [6, 6.07) is 10.3. The number of carbonyl (C=O) groups excluding carboxylic acids is 1. The summed E-state index contributed by atoms with van der Waals surface area (Å²) in [7, 11) is 1.78. The molecule has 1 aliphatic rings. The smallest absolute Gasteiger partial charge is 0.253 e. The summed E-state index contributed by atoms with van der Waals surface area (Å²) in [4.78, 5) is 28.3. The summed E-state index contributed by atoms with van der Waals surface area (Å²) in [6.07, 6.45) is 8.19. The normalized spacial score (nSPS) is 13.5. The molecule has 0 unspecified atom stereocenters. The lowest BCUT2D eigenvalue weighted by Crippen LogP contribution is -2.19. The molecule has 4 rings (SSSR count). The van der Waals surface area contributed by atoms with Crippen molar-refractivity contribution in [2.75, 3.05) is 0 Å². The third kappa shape index (κ3) is 3.47. The van der Waals surface area contributed by atoms with Crippen LogP contribution in [0.3, 0.4) is 0 Å². The van der Waals surface area contributed by atoms with Gasteiger partial charge in [0.15, 0.2) is 0 Å². The first-order chi connectivity index (χ1) is 13.0. The molecule has 3 aromatic rings. The summed E-state index contributed by atoms with van der Waals surface area (Å²) < 4.78 is 1.63. The molecule has 27 heavy (non-hydrogen) atoms. The molecule has 0 aliphatic heterocycles. The molecule has 1 aliphatic carbocycles. The van der Waals surface area contributed by atoms with Crippen molar-refractivity contribution in [2.24, 2.45) is 7.05 Å². The van der Waals surface area contributed by atoms with Gasteiger partial charge in [-0.3, -0.25) is 14.6 Å². The van der Waals surface area contributed by atoms with Crippen LogP contribution in [0.15, 0.2) is 53.7 Å². The summed E-state index contributed by atoms with van der Waals surface area (Å²) in [5.74, 6) is 0.306. The maximum atomic E-state index is 12.1. The quantitative estimate of drug-likeness (QED) is 0.721. The van der Waals surface area contributed by atoms with Gasteiger partial charge < -0.3 is 4.57 Å². The van der Waals surface area contributed by atoms with Crippen molar-refractivity contribution in [2.45, 2.75) is 32.6 Å². The number of nitrogens with zero attached hydrogens (tertiary/aromatic N) is 2. The number of hydrogen-bond acceptors (Lipinski definition) is 3. The molecular formula is C23H22N2O2. The molecule has 0 atom stereocenters. The molecule has 0 fully saturated rings. The average molecular weight is 358 g/mol. The lowest BCUT2D eigenvalue weighted by molar-refractivity contribution is -0.118. The molecular weight excluding hydrogens is 336 g/mol. The Kier molecular flexibility index (Phi) is 4.48. The number of ketones is 1. The second-order valence-electron chi connectivity index (χ2n) is 7.35. The third-order valence-corrected chi connectivity index (χ3v) is 5.29. The van der Waals surface area contributed by atoms with E-state index in [-0.39, 0.29) is 5.56 Å². The minimum absolute atomic E-state index is 0.0258. The Bertz CT molecular complexity index is 1060. The first-order valence-corrected chi connectivity index (χ1v) is 9.24. The molecule has 2 aromatic heterocycles. The lowest BCUT2D eigenvalue weighted by atomic mass is 9.83. The van der Waals surface area contributed by atoms with E-state index in [9.17, 15) is 9.59 Å². The molecule has 0 bridgehead atoms.